The van der Waals surface area contributed by atoms with Crippen LogP contribution < -0.4 is 10.6 Å². The summed E-state index contributed by atoms with van der Waals surface area (Å²) in [6.07, 6.45) is 27.4. The van der Waals surface area contributed by atoms with Crippen LogP contribution in [0.15, 0.2) is 0 Å². The van der Waals surface area contributed by atoms with Crippen LogP contribution in [0.25, 0.3) is 0 Å². The van der Waals surface area contributed by atoms with Crippen molar-refractivity contribution in [1.82, 2.24) is 15.5 Å². The SMILES string of the molecule is CCCCCCCCCCC[C@H](CC(=O)N[C@H]1[C@H](OC[C@H](NC(=O)C[C@@H](CCCCCCCCCCC)OC(=O)CCCCCC)C(=O)O)O[C@H](CO)[C@@H](OP(=O)(O)O)[C@@H]1OC(=O)C[C@@H](CCCCCCCCCCC)OC(=O)CCCCCC)OC(=O)CCCCCC.CCN(CC)CC. The van der Waals surface area contributed by atoms with Crippen molar-refractivity contribution >= 4 is 49.5 Å². The number of carbonyl (C=O) groups excluding carboxylic acids is 6. The standard InChI is InChI=1S/C72H133N2O19P.C6H15N/c1-7-13-19-25-28-31-34-37-40-46-57(88-64(78)49-43-22-16-10-4)52-62(76)73-60(71(82)83)56-87-72-68(74-63(77)53-58(89-65(79)50-44-23-17-11-5)47-41-38-35-32-29-26-20-14-8-2)70(69(61(55-75)91-72)93-94(84,85)86)92-67(81)54-59(90-66(80)51-45-24-18-12-6)48-42-39-36-33-30-27-21-15-9-3;1-4-7(5-2)6-3/h57-61,68-70,72,75H,7-56H2,1-6H3,(H,73,76)(H,74,77)(H,82,83)(H2,84,85,86);4-6H2,1-3H3/t57-,58-,59-,60+,61-,68-,69-,70-,72-;/m1./s1. The molecule has 22 nitrogen and oxygen atoms in total. The maximum Gasteiger partial charge on any atom is 0.470 e. The van der Waals surface area contributed by atoms with E-state index in [0.29, 0.717) is 51.4 Å². The van der Waals surface area contributed by atoms with Gasteiger partial charge in [-0.2, -0.15) is 0 Å². The smallest absolute Gasteiger partial charge is 0.470 e. The fourth-order valence-corrected chi connectivity index (χ4v) is 13.2. The van der Waals surface area contributed by atoms with Crippen LogP contribution in [0.1, 0.15) is 371 Å². The van der Waals surface area contributed by atoms with Crippen LogP contribution in [-0.4, -0.2) is 154 Å². The number of carboxylic acid groups (broad SMARTS) is 1. The first-order valence-electron chi connectivity index (χ1n) is 40.6. The fourth-order valence-electron chi connectivity index (χ4n) is 12.6. The Morgan fingerprint density at radius 2 is 0.762 bits per heavy atom. The van der Waals surface area contributed by atoms with Gasteiger partial charge in [-0.15, -0.1) is 0 Å². The van der Waals surface area contributed by atoms with E-state index >= 15 is 0 Å². The second kappa shape index (κ2) is 65.7. The summed E-state index contributed by atoms with van der Waals surface area (Å²) in [6.45, 7) is 20.9. The molecule has 1 fully saturated rings. The van der Waals surface area contributed by atoms with Gasteiger partial charge in [0.25, 0.3) is 0 Å². The molecule has 594 valence electrons. The molecule has 0 aromatic heterocycles. The van der Waals surface area contributed by atoms with E-state index in [1.807, 2.05) is 0 Å². The molecule has 2 amide bonds. The van der Waals surface area contributed by atoms with Crippen molar-refractivity contribution in [2.24, 2.45) is 0 Å². The first-order valence-corrected chi connectivity index (χ1v) is 42.2. The van der Waals surface area contributed by atoms with Crippen molar-refractivity contribution in [1.29, 1.82) is 0 Å². The third-order valence-corrected chi connectivity index (χ3v) is 19.3. The molecule has 0 spiro atoms. The van der Waals surface area contributed by atoms with Gasteiger partial charge in [0.2, 0.25) is 11.8 Å². The number of aliphatic hydroxyl groups excluding tert-OH is 1. The van der Waals surface area contributed by atoms with Gasteiger partial charge in [0.15, 0.2) is 18.4 Å². The molecule has 23 heteroatoms. The second-order valence-corrected chi connectivity index (χ2v) is 29.2. The lowest BCUT2D eigenvalue weighted by atomic mass is 9.95. The molecule has 0 radical (unpaired) electrons. The number of carboxylic acids is 1. The molecule has 0 aromatic carbocycles. The first kappa shape index (κ1) is 97.2. The Morgan fingerprint density at radius 1 is 0.436 bits per heavy atom. The minimum atomic E-state index is -5.55. The van der Waals surface area contributed by atoms with Gasteiger partial charge in [-0.3, -0.25) is 33.3 Å². The van der Waals surface area contributed by atoms with E-state index in [0.717, 1.165) is 167 Å². The van der Waals surface area contributed by atoms with Crippen LogP contribution >= 0.6 is 7.82 Å². The van der Waals surface area contributed by atoms with Crippen molar-refractivity contribution < 1.29 is 91.1 Å². The Balaban J connectivity index is 0.0000135. The number of phosphoric acid groups is 1. The fraction of sp³-hybridized carbons (Fsp3) is 0.910. The monoisotopic (exact) mass is 1460 g/mol. The molecule has 1 rings (SSSR count). The van der Waals surface area contributed by atoms with Gasteiger partial charge in [-0.1, -0.05) is 274 Å². The van der Waals surface area contributed by atoms with Gasteiger partial charge in [0.05, 0.1) is 32.5 Å². The van der Waals surface area contributed by atoms with Crippen LogP contribution in [0.2, 0.25) is 0 Å². The molecule has 0 aliphatic carbocycles. The summed E-state index contributed by atoms with van der Waals surface area (Å²) in [5.74, 6) is -5.61. The molecule has 9 atom stereocenters. The number of aliphatic carboxylic acids is 1. The molecular formula is C78H148N3O19P. The Labute approximate surface area is 611 Å². The number of carbonyl (C=O) groups is 7. The molecule has 0 saturated carbocycles. The molecule has 1 heterocycles. The Bertz CT molecular complexity index is 2110. The van der Waals surface area contributed by atoms with Crippen LogP contribution in [0, 0.1) is 0 Å². The number of esters is 4. The van der Waals surface area contributed by atoms with Crippen LogP contribution in [0.4, 0.5) is 0 Å². The molecule has 0 bridgehead atoms. The molecule has 0 aromatic rings. The van der Waals surface area contributed by atoms with E-state index in [4.69, 9.17) is 32.9 Å². The van der Waals surface area contributed by atoms with Crippen LogP contribution in [0.3, 0.4) is 0 Å². The van der Waals surface area contributed by atoms with E-state index in [2.05, 4.69) is 77.8 Å². The van der Waals surface area contributed by atoms with Crippen LogP contribution in [0.5, 0.6) is 0 Å². The Kier molecular flexibility index (Phi) is 63.3. The summed E-state index contributed by atoms with van der Waals surface area (Å²) in [4.78, 5) is 119. The van der Waals surface area contributed by atoms with E-state index in [1.54, 1.807) is 0 Å². The molecule has 1 aliphatic heterocycles. The normalized spacial score (nSPS) is 17.3. The molecule has 6 N–H and O–H groups in total. The van der Waals surface area contributed by atoms with Crippen molar-refractivity contribution in [3.8, 4) is 0 Å². The largest absolute Gasteiger partial charge is 0.480 e. The quantitative estimate of drug-likeness (QED) is 0.0143. The third-order valence-electron chi connectivity index (χ3n) is 18.8. The number of phosphoric ester groups is 1. The zero-order valence-electron chi connectivity index (χ0n) is 65.0. The summed E-state index contributed by atoms with van der Waals surface area (Å²) >= 11 is 0. The lowest BCUT2D eigenvalue weighted by Crippen LogP contribution is -2.66. The highest BCUT2D eigenvalue weighted by molar-refractivity contribution is 7.46. The summed E-state index contributed by atoms with van der Waals surface area (Å²) in [5, 5.41) is 26.7. The van der Waals surface area contributed by atoms with Gasteiger partial charge in [0.1, 0.15) is 36.6 Å². The van der Waals surface area contributed by atoms with E-state index < -0.39 is 131 Å². The van der Waals surface area contributed by atoms with E-state index in [9.17, 15) is 58.1 Å². The average Bonchev–Trinajstić information content (AvgIpc) is 0.781. The summed E-state index contributed by atoms with van der Waals surface area (Å²) in [5.41, 5.74) is 0. The zero-order chi connectivity index (χ0) is 75.2. The number of nitrogens with one attached hydrogen (secondary N) is 2. The first-order chi connectivity index (χ1) is 48.7. The number of hydrogen-bond acceptors (Lipinski definition) is 17. The zero-order valence-corrected chi connectivity index (χ0v) is 65.9. The predicted molar refractivity (Wildman–Crippen MR) is 399 cm³/mol. The average molecular weight is 1460 g/mol. The van der Waals surface area contributed by atoms with Crippen molar-refractivity contribution in [3.63, 3.8) is 0 Å². The lowest BCUT2D eigenvalue weighted by Gasteiger charge is -2.45. The second-order valence-electron chi connectivity index (χ2n) is 28.0. The third kappa shape index (κ3) is 54.5. The minimum absolute atomic E-state index is 0.117. The van der Waals surface area contributed by atoms with E-state index in [-0.39, 0.29) is 32.1 Å². The van der Waals surface area contributed by atoms with E-state index in [1.165, 1.54) is 64.6 Å². The van der Waals surface area contributed by atoms with Crippen molar-refractivity contribution in [2.45, 2.75) is 426 Å². The predicted octanol–water partition coefficient (Wildman–Crippen LogP) is 17.1. The van der Waals surface area contributed by atoms with Gasteiger partial charge in [-0.05, 0) is 77.4 Å². The Hall–Kier alpha value is -3.76. The number of nitrogens with zero attached hydrogens (tertiary/aromatic N) is 1. The van der Waals surface area contributed by atoms with Crippen molar-refractivity contribution in [2.75, 3.05) is 32.8 Å². The number of aliphatic hydroxyl groups is 1. The maximum atomic E-state index is 14.7. The lowest BCUT2D eigenvalue weighted by molar-refractivity contribution is -0.272. The topological polar surface area (TPSA) is 309 Å². The molecule has 1 saturated heterocycles. The van der Waals surface area contributed by atoms with Gasteiger partial charge < -0.3 is 64.0 Å². The number of ether oxygens (including phenoxy) is 6. The highest BCUT2D eigenvalue weighted by atomic mass is 31.2. The Morgan fingerprint density at radius 3 is 1.08 bits per heavy atom. The molecule has 101 heavy (non-hydrogen) atoms. The summed E-state index contributed by atoms with van der Waals surface area (Å²) in [7, 11) is -5.55. The van der Waals surface area contributed by atoms with Gasteiger partial charge >= 0.3 is 37.7 Å². The minimum Gasteiger partial charge on any atom is -0.480 e. The van der Waals surface area contributed by atoms with Crippen molar-refractivity contribution in [3.05, 3.63) is 0 Å². The van der Waals surface area contributed by atoms with Crippen LogP contribution in [-0.2, 0) is 71.1 Å². The number of hydrogen-bond donors (Lipinski definition) is 6. The maximum absolute atomic E-state index is 14.7. The summed E-state index contributed by atoms with van der Waals surface area (Å²) in [6, 6.07) is -3.59. The molecule has 0 unspecified atom stereocenters. The number of amides is 2. The number of rotatable bonds is 67. The highest BCUT2D eigenvalue weighted by Crippen LogP contribution is 2.42. The highest BCUT2D eigenvalue weighted by Gasteiger charge is 2.52. The van der Waals surface area contributed by atoms with Gasteiger partial charge in [0, 0.05) is 19.3 Å². The molecular weight excluding hydrogens is 1310 g/mol. The number of unbranched alkanes of at least 4 members (excludes halogenated alkanes) is 33. The van der Waals surface area contributed by atoms with Gasteiger partial charge in [-0.25, -0.2) is 9.36 Å². The summed E-state index contributed by atoms with van der Waals surface area (Å²) < 4.78 is 54.2. The molecule has 1 aliphatic rings.